The van der Waals surface area contributed by atoms with E-state index in [4.69, 9.17) is 10.7 Å². The molecular formula is C24H26BrN5O. The Bertz CT molecular complexity index is 1300. The molecule has 0 saturated carbocycles. The number of amides is 1. The van der Waals surface area contributed by atoms with Crippen molar-refractivity contribution in [3.8, 4) is 11.5 Å². The Kier molecular flexibility index (Phi) is 5.10. The van der Waals surface area contributed by atoms with Crippen LogP contribution in [0.3, 0.4) is 0 Å². The van der Waals surface area contributed by atoms with E-state index in [1.807, 2.05) is 30.1 Å². The van der Waals surface area contributed by atoms with E-state index in [1.54, 1.807) is 0 Å². The van der Waals surface area contributed by atoms with E-state index >= 15 is 0 Å². The number of imidazole rings is 1. The Labute approximate surface area is 189 Å². The van der Waals surface area contributed by atoms with Crippen LogP contribution in [-0.2, 0) is 13.6 Å². The average molecular weight is 480 g/mol. The van der Waals surface area contributed by atoms with Gasteiger partial charge in [0.05, 0.1) is 22.2 Å². The minimum atomic E-state index is 0.0378. The van der Waals surface area contributed by atoms with Gasteiger partial charge < -0.3 is 19.8 Å². The van der Waals surface area contributed by atoms with Crippen LogP contribution in [0.4, 0.5) is 0 Å². The van der Waals surface area contributed by atoms with Crippen molar-refractivity contribution in [1.29, 1.82) is 0 Å². The standard InChI is InChI=1S/C24H26BrN5O/c1-3-30-21(13-15-6-4-8-18(25)22(15)30)23-27-19-12-16(9-10-20(19)28(23)2)24(31)29-11-5-7-17(26)14-29/h4,6,8-10,12-13,17H,3,5,7,11,14,26H2,1-2H3/t17-/m1/s1. The summed E-state index contributed by atoms with van der Waals surface area (Å²) < 4.78 is 5.46. The average Bonchev–Trinajstić information content (AvgIpc) is 3.31. The number of aromatic nitrogens is 3. The minimum absolute atomic E-state index is 0.0378. The molecule has 2 aromatic carbocycles. The molecule has 7 heteroatoms. The molecule has 4 aromatic rings. The van der Waals surface area contributed by atoms with Crippen molar-refractivity contribution in [1.82, 2.24) is 19.0 Å². The highest BCUT2D eigenvalue weighted by molar-refractivity contribution is 9.10. The van der Waals surface area contributed by atoms with Crippen LogP contribution in [0.5, 0.6) is 0 Å². The molecule has 0 spiro atoms. The molecule has 31 heavy (non-hydrogen) atoms. The number of nitrogens with two attached hydrogens (primary N) is 1. The summed E-state index contributed by atoms with van der Waals surface area (Å²) in [7, 11) is 2.03. The van der Waals surface area contributed by atoms with Crippen molar-refractivity contribution in [3.63, 3.8) is 0 Å². The van der Waals surface area contributed by atoms with E-state index in [0.717, 1.165) is 53.0 Å². The molecule has 1 aliphatic rings. The molecule has 1 fully saturated rings. The molecule has 2 aromatic heterocycles. The van der Waals surface area contributed by atoms with Gasteiger partial charge >= 0.3 is 0 Å². The number of hydrogen-bond donors (Lipinski definition) is 1. The van der Waals surface area contributed by atoms with Gasteiger partial charge in [0.2, 0.25) is 0 Å². The first-order chi connectivity index (χ1) is 15.0. The first-order valence-electron chi connectivity index (χ1n) is 10.8. The second kappa shape index (κ2) is 7.80. The Morgan fingerprint density at radius 2 is 2.10 bits per heavy atom. The fourth-order valence-electron chi connectivity index (χ4n) is 4.73. The number of aryl methyl sites for hydroxylation is 2. The van der Waals surface area contributed by atoms with Gasteiger partial charge in [-0.05, 0) is 66.0 Å². The van der Waals surface area contributed by atoms with Crippen molar-refractivity contribution in [3.05, 3.63) is 52.5 Å². The normalized spacial score (nSPS) is 17.0. The van der Waals surface area contributed by atoms with E-state index in [0.29, 0.717) is 12.1 Å². The van der Waals surface area contributed by atoms with Crippen molar-refractivity contribution in [2.45, 2.75) is 32.4 Å². The number of benzene rings is 2. The summed E-state index contributed by atoms with van der Waals surface area (Å²) in [6.45, 7) is 4.37. The molecule has 0 radical (unpaired) electrons. The number of likely N-dealkylation sites (tertiary alicyclic amines) is 1. The molecule has 1 atom stereocenters. The summed E-state index contributed by atoms with van der Waals surface area (Å²) in [4.78, 5) is 19.8. The second-order valence-electron chi connectivity index (χ2n) is 8.30. The second-order valence-corrected chi connectivity index (χ2v) is 9.16. The zero-order valence-electron chi connectivity index (χ0n) is 17.8. The molecular weight excluding hydrogens is 454 g/mol. The minimum Gasteiger partial charge on any atom is -0.337 e. The zero-order valence-corrected chi connectivity index (χ0v) is 19.4. The number of rotatable bonds is 3. The largest absolute Gasteiger partial charge is 0.337 e. The fourth-order valence-corrected chi connectivity index (χ4v) is 5.33. The number of hydrogen-bond acceptors (Lipinski definition) is 3. The van der Waals surface area contributed by atoms with Gasteiger partial charge in [-0.3, -0.25) is 4.79 Å². The zero-order chi connectivity index (χ0) is 21.7. The van der Waals surface area contributed by atoms with Crippen LogP contribution in [0.25, 0.3) is 33.5 Å². The van der Waals surface area contributed by atoms with E-state index in [2.05, 4.69) is 56.3 Å². The number of halogens is 1. The number of piperidine rings is 1. The van der Waals surface area contributed by atoms with Gasteiger partial charge in [-0.25, -0.2) is 4.98 Å². The third-order valence-electron chi connectivity index (χ3n) is 6.29. The third kappa shape index (κ3) is 3.36. The number of carbonyl (C=O) groups is 1. The topological polar surface area (TPSA) is 69.1 Å². The predicted octanol–water partition coefficient (Wildman–Crippen LogP) is 4.54. The van der Waals surface area contributed by atoms with E-state index < -0.39 is 0 Å². The number of nitrogens with zero attached hydrogens (tertiary/aromatic N) is 4. The monoisotopic (exact) mass is 479 g/mol. The van der Waals surface area contributed by atoms with E-state index in [9.17, 15) is 4.79 Å². The number of carbonyl (C=O) groups excluding carboxylic acids is 1. The third-order valence-corrected chi connectivity index (χ3v) is 6.93. The molecule has 6 nitrogen and oxygen atoms in total. The van der Waals surface area contributed by atoms with Crippen LogP contribution in [0, 0.1) is 0 Å². The van der Waals surface area contributed by atoms with Crippen molar-refractivity contribution in [2.75, 3.05) is 13.1 Å². The van der Waals surface area contributed by atoms with Crippen LogP contribution in [0.15, 0.2) is 46.9 Å². The molecule has 2 N–H and O–H groups in total. The first kappa shape index (κ1) is 20.3. The van der Waals surface area contributed by atoms with Gasteiger partial charge in [0.1, 0.15) is 0 Å². The Hall–Kier alpha value is -2.64. The molecule has 1 saturated heterocycles. The number of para-hydroxylation sites is 1. The molecule has 0 bridgehead atoms. The maximum Gasteiger partial charge on any atom is 0.253 e. The van der Waals surface area contributed by atoms with Crippen LogP contribution in [0.2, 0.25) is 0 Å². The summed E-state index contributed by atoms with van der Waals surface area (Å²) in [5, 5.41) is 1.18. The SMILES string of the molecule is CCn1c(-c2nc3cc(C(=O)N4CCC[C@@H](N)C4)ccc3n2C)cc2cccc(Br)c21. The molecule has 0 aliphatic carbocycles. The lowest BCUT2D eigenvalue weighted by atomic mass is 10.1. The van der Waals surface area contributed by atoms with Crippen LogP contribution in [0.1, 0.15) is 30.1 Å². The van der Waals surface area contributed by atoms with Crippen LogP contribution < -0.4 is 5.73 Å². The highest BCUT2D eigenvalue weighted by atomic mass is 79.9. The van der Waals surface area contributed by atoms with Gasteiger partial charge in [-0.15, -0.1) is 0 Å². The molecule has 0 unspecified atom stereocenters. The van der Waals surface area contributed by atoms with Gasteiger partial charge in [0.25, 0.3) is 5.91 Å². The highest BCUT2D eigenvalue weighted by Crippen LogP contribution is 2.33. The molecule has 1 aliphatic heterocycles. The summed E-state index contributed by atoms with van der Waals surface area (Å²) in [6.07, 6.45) is 1.94. The molecule has 160 valence electrons. The Morgan fingerprint density at radius 3 is 2.87 bits per heavy atom. The molecule has 3 heterocycles. The first-order valence-corrected chi connectivity index (χ1v) is 11.6. The van der Waals surface area contributed by atoms with Crippen LogP contribution >= 0.6 is 15.9 Å². The van der Waals surface area contributed by atoms with Gasteiger partial charge in [-0.2, -0.15) is 0 Å². The van der Waals surface area contributed by atoms with Gasteiger partial charge in [-0.1, -0.05) is 12.1 Å². The Morgan fingerprint density at radius 1 is 1.26 bits per heavy atom. The summed E-state index contributed by atoms with van der Waals surface area (Å²) in [5.41, 5.74) is 10.8. The highest BCUT2D eigenvalue weighted by Gasteiger charge is 2.23. The lowest BCUT2D eigenvalue weighted by Gasteiger charge is -2.30. The number of fused-ring (bicyclic) bond motifs is 2. The molecule has 5 rings (SSSR count). The van der Waals surface area contributed by atoms with Crippen molar-refractivity contribution < 1.29 is 4.79 Å². The smallest absolute Gasteiger partial charge is 0.253 e. The maximum atomic E-state index is 13.0. The van der Waals surface area contributed by atoms with Crippen LogP contribution in [-0.4, -0.2) is 44.1 Å². The van der Waals surface area contributed by atoms with E-state index in [1.165, 1.54) is 10.9 Å². The lowest BCUT2D eigenvalue weighted by molar-refractivity contribution is 0.0709. The van der Waals surface area contributed by atoms with Gasteiger partial charge in [0, 0.05) is 48.1 Å². The quantitative estimate of drug-likeness (QED) is 0.468. The van der Waals surface area contributed by atoms with Crippen molar-refractivity contribution >= 4 is 43.8 Å². The lowest BCUT2D eigenvalue weighted by Crippen LogP contribution is -2.45. The Balaban J connectivity index is 1.59. The molecule has 1 amide bonds. The predicted molar refractivity (Wildman–Crippen MR) is 128 cm³/mol. The van der Waals surface area contributed by atoms with Gasteiger partial charge in [0.15, 0.2) is 5.82 Å². The summed E-state index contributed by atoms with van der Waals surface area (Å²) >= 11 is 3.70. The summed E-state index contributed by atoms with van der Waals surface area (Å²) in [5.74, 6) is 0.931. The summed E-state index contributed by atoms with van der Waals surface area (Å²) in [6, 6.07) is 14.3. The fraction of sp³-hybridized carbons (Fsp3) is 0.333. The van der Waals surface area contributed by atoms with Crippen molar-refractivity contribution in [2.24, 2.45) is 12.8 Å². The van der Waals surface area contributed by atoms with E-state index in [-0.39, 0.29) is 11.9 Å². The maximum absolute atomic E-state index is 13.0.